The average Bonchev–Trinajstić information content (AvgIpc) is 3.21. The molecule has 0 aliphatic carbocycles. The first-order valence-corrected chi connectivity index (χ1v) is 25.7. The largest absolute Gasteiger partial charge is 0.480 e. The number of esters is 2. The van der Waals surface area contributed by atoms with E-state index in [9.17, 15) is 23.8 Å². The van der Waals surface area contributed by atoms with Crippen LogP contribution in [0.5, 0.6) is 0 Å². The SMILES string of the molecule is CCCCCCCCCCCCC/C=C/CCC(=O)O[C@@H](COC(=O)CCCCCCCCCCCCCCCCCCCCCC)COP(=O)(O)OC[C@@H](N)C(=O)O. The minimum absolute atomic E-state index is 0.0827. The van der Waals surface area contributed by atoms with Crippen LogP contribution in [0.25, 0.3) is 0 Å². The molecule has 0 saturated heterocycles. The van der Waals surface area contributed by atoms with Crippen LogP contribution in [0.2, 0.25) is 0 Å². The summed E-state index contributed by atoms with van der Waals surface area (Å²) in [6.07, 6.45) is 44.3. The predicted octanol–water partition coefficient (Wildman–Crippen LogP) is 13.2. The van der Waals surface area contributed by atoms with E-state index in [0.29, 0.717) is 12.8 Å². The second-order valence-electron chi connectivity index (χ2n) is 16.6. The molecule has 12 heteroatoms. The molecule has 1 unspecified atom stereocenters. The molecule has 0 rings (SSSR count). The maximum absolute atomic E-state index is 12.6. The predicted molar refractivity (Wildman–Crippen MR) is 240 cm³/mol. The molecule has 11 nitrogen and oxygen atoms in total. The van der Waals surface area contributed by atoms with Crippen molar-refractivity contribution >= 4 is 25.7 Å². The smallest absolute Gasteiger partial charge is 0.472 e. The molecule has 0 aliphatic heterocycles. The third-order valence-electron chi connectivity index (χ3n) is 10.8. The highest BCUT2D eigenvalue weighted by molar-refractivity contribution is 7.47. The summed E-state index contributed by atoms with van der Waals surface area (Å²) in [5.41, 5.74) is 5.34. The van der Waals surface area contributed by atoms with Gasteiger partial charge in [-0.25, -0.2) is 4.57 Å². The summed E-state index contributed by atoms with van der Waals surface area (Å²) in [6, 6.07) is -1.52. The van der Waals surface area contributed by atoms with Crippen molar-refractivity contribution in [3.8, 4) is 0 Å². The number of carbonyl (C=O) groups excluding carboxylic acids is 2. The molecule has 0 bridgehead atoms. The number of aliphatic carboxylic acids is 1. The van der Waals surface area contributed by atoms with Gasteiger partial charge in [0.25, 0.3) is 0 Å². The van der Waals surface area contributed by atoms with E-state index in [1.807, 2.05) is 6.08 Å². The summed E-state index contributed by atoms with van der Waals surface area (Å²) in [7, 11) is -4.72. The summed E-state index contributed by atoms with van der Waals surface area (Å²) in [6.45, 7) is 2.81. The molecular formula is C47H90NO10P. The van der Waals surface area contributed by atoms with Crippen LogP contribution in [0, 0.1) is 0 Å². The lowest BCUT2D eigenvalue weighted by atomic mass is 10.0. The molecule has 0 amide bonds. The number of rotatable bonds is 46. The van der Waals surface area contributed by atoms with Gasteiger partial charge in [0.1, 0.15) is 12.6 Å². The fourth-order valence-corrected chi connectivity index (χ4v) is 7.75. The maximum atomic E-state index is 12.6. The zero-order chi connectivity index (χ0) is 43.5. The first-order chi connectivity index (χ1) is 28.6. The molecule has 0 aromatic carbocycles. The van der Waals surface area contributed by atoms with Gasteiger partial charge in [-0.2, -0.15) is 0 Å². The first kappa shape index (κ1) is 57.2. The number of hydrogen-bond donors (Lipinski definition) is 3. The highest BCUT2D eigenvalue weighted by Gasteiger charge is 2.28. The van der Waals surface area contributed by atoms with Gasteiger partial charge in [0.15, 0.2) is 6.10 Å². The van der Waals surface area contributed by atoms with Gasteiger partial charge in [-0.05, 0) is 25.7 Å². The second-order valence-corrected chi connectivity index (χ2v) is 18.1. The number of phosphoric ester groups is 1. The molecule has 0 spiro atoms. The molecule has 0 aromatic heterocycles. The third-order valence-corrected chi connectivity index (χ3v) is 11.7. The van der Waals surface area contributed by atoms with Gasteiger partial charge < -0.3 is 25.2 Å². The van der Waals surface area contributed by atoms with E-state index >= 15 is 0 Å². The van der Waals surface area contributed by atoms with E-state index in [4.69, 9.17) is 24.8 Å². The van der Waals surface area contributed by atoms with Crippen LogP contribution in [-0.4, -0.2) is 59.9 Å². The number of nitrogens with two attached hydrogens (primary N) is 1. The number of carboxylic acid groups (broad SMARTS) is 1. The Morgan fingerprint density at radius 3 is 1.31 bits per heavy atom. The molecule has 348 valence electrons. The van der Waals surface area contributed by atoms with Crippen molar-refractivity contribution in [1.82, 2.24) is 0 Å². The molecule has 0 aromatic rings. The van der Waals surface area contributed by atoms with Gasteiger partial charge >= 0.3 is 25.7 Å². The summed E-state index contributed by atoms with van der Waals surface area (Å²) >= 11 is 0. The number of hydrogen-bond acceptors (Lipinski definition) is 9. The van der Waals surface area contributed by atoms with Crippen molar-refractivity contribution in [3.63, 3.8) is 0 Å². The molecule has 0 saturated carbocycles. The molecule has 4 N–H and O–H groups in total. The van der Waals surface area contributed by atoms with Gasteiger partial charge in [-0.3, -0.25) is 23.4 Å². The van der Waals surface area contributed by atoms with Crippen LogP contribution >= 0.6 is 7.82 Å². The Hall–Kier alpha value is -1.78. The first-order valence-electron chi connectivity index (χ1n) is 24.2. The molecular weight excluding hydrogens is 769 g/mol. The van der Waals surface area contributed by atoms with Crippen molar-refractivity contribution in [2.75, 3.05) is 19.8 Å². The van der Waals surface area contributed by atoms with Gasteiger partial charge in [0.05, 0.1) is 13.2 Å². The Labute approximate surface area is 360 Å². The Morgan fingerprint density at radius 2 is 0.881 bits per heavy atom. The summed E-state index contributed by atoms with van der Waals surface area (Å²) in [4.78, 5) is 46.0. The van der Waals surface area contributed by atoms with Crippen molar-refractivity contribution in [1.29, 1.82) is 0 Å². The number of carboxylic acids is 1. The number of allylic oxidation sites excluding steroid dienone is 2. The summed E-state index contributed by atoms with van der Waals surface area (Å²) < 4.78 is 32.7. The summed E-state index contributed by atoms with van der Waals surface area (Å²) in [5.74, 6) is -2.42. The molecule has 0 fully saturated rings. The van der Waals surface area contributed by atoms with Gasteiger partial charge in [0, 0.05) is 12.8 Å². The Morgan fingerprint density at radius 1 is 0.508 bits per heavy atom. The molecule has 0 heterocycles. The average molecular weight is 860 g/mol. The fraction of sp³-hybridized carbons (Fsp3) is 0.894. The van der Waals surface area contributed by atoms with Gasteiger partial charge in [-0.1, -0.05) is 212 Å². The van der Waals surface area contributed by atoms with Crippen molar-refractivity contribution in [3.05, 3.63) is 12.2 Å². The van der Waals surface area contributed by atoms with Crippen molar-refractivity contribution < 1.29 is 47.5 Å². The molecule has 0 radical (unpaired) electrons. The molecule has 0 aliphatic rings. The van der Waals surface area contributed by atoms with Gasteiger partial charge in [-0.15, -0.1) is 0 Å². The monoisotopic (exact) mass is 860 g/mol. The van der Waals surface area contributed by atoms with E-state index in [1.54, 1.807) is 0 Å². The van der Waals surface area contributed by atoms with Crippen LogP contribution < -0.4 is 5.73 Å². The highest BCUT2D eigenvalue weighted by atomic mass is 31.2. The highest BCUT2D eigenvalue weighted by Crippen LogP contribution is 2.43. The Balaban J connectivity index is 4.26. The van der Waals surface area contributed by atoms with E-state index in [1.165, 1.54) is 167 Å². The number of carbonyl (C=O) groups is 3. The normalized spacial score (nSPS) is 13.7. The van der Waals surface area contributed by atoms with Crippen LogP contribution in [0.3, 0.4) is 0 Å². The van der Waals surface area contributed by atoms with E-state index < -0.39 is 51.1 Å². The standard InChI is InChI=1S/C47H90NO10P/c1-3-5-7-9-11-13-15-17-19-20-21-22-23-25-26-28-30-32-34-36-38-45(49)55-40-43(41-56-59(53,54)57-42-44(48)47(51)52)58-46(50)39-37-35-33-31-29-27-24-18-16-14-12-10-8-6-4-2/h33,35,43-44H,3-32,34,36-42,48H2,1-2H3,(H,51,52)(H,53,54)/b35-33+/t43-,44+/m0/s1. The third kappa shape index (κ3) is 42.7. The van der Waals surface area contributed by atoms with Crippen LogP contribution in [0.1, 0.15) is 239 Å². The quantitative estimate of drug-likeness (QED) is 0.0230. The maximum Gasteiger partial charge on any atom is 0.472 e. The van der Waals surface area contributed by atoms with Crippen molar-refractivity contribution in [2.45, 2.75) is 251 Å². The lowest BCUT2D eigenvalue weighted by Crippen LogP contribution is -2.34. The van der Waals surface area contributed by atoms with E-state index in [2.05, 4.69) is 24.4 Å². The lowest BCUT2D eigenvalue weighted by Gasteiger charge is -2.20. The Bertz CT molecular complexity index is 1060. The van der Waals surface area contributed by atoms with Crippen molar-refractivity contribution in [2.24, 2.45) is 5.73 Å². The topological polar surface area (TPSA) is 172 Å². The zero-order valence-corrected chi connectivity index (χ0v) is 38.8. The molecule has 3 atom stereocenters. The Kier molecular flexibility index (Phi) is 41.6. The number of unbranched alkanes of at least 4 members (excludes halogenated alkanes) is 30. The lowest BCUT2D eigenvalue weighted by molar-refractivity contribution is -0.161. The van der Waals surface area contributed by atoms with Crippen LogP contribution in [0.15, 0.2) is 12.2 Å². The van der Waals surface area contributed by atoms with E-state index in [0.717, 1.165) is 32.1 Å². The van der Waals surface area contributed by atoms with Gasteiger partial charge in [0.2, 0.25) is 0 Å². The zero-order valence-electron chi connectivity index (χ0n) is 37.9. The number of phosphoric acid groups is 1. The summed E-state index contributed by atoms with van der Waals surface area (Å²) in [5, 5.41) is 8.90. The minimum Gasteiger partial charge on any atom is -0.480 e. The molecule has 59 heavy (non-hydrogen) atoms. The van der Waals surface area contributed by atoms with E-state index in [-0.39, 0.29) is 19.4 Å². The number of ether oxygens (including phenoxy) is 2. The van der Waals surface area contributed by atoms with Crippen LogP contribution in [0.4, 0.5) is 0 Å². The van der Waals surface area contributed by atoms with Crippen LogP contribution in [-0.2, 0) is 37.5 Å². The fourth-order valence-electron chi connectivity index (χ4n) is 6.97. The second kappa shape index (κ2) is 42.9. The minimum atomic E-state index is -4.72.